The Morgan fingerprint density at radius 2 is 1.34 bits per heavy atom. The first-order valence-corrected chi connectivity index (χ1v) is 31.8. The van der Waals surface area contributed by atoms with Gasteiger partial charge in [0.05, 0.1) is 78.3 Å². The van der Waals surface area contributed by atoms with Crippen molar-refractivity contribution < 1.29 is 58.8 Å². The van der Waals surface area contributed by atoms with Crippen LogP contribution in [0.5, 0.6) is 0 Å². The molecule has 14 nitrogen and oxygen atoms in total. The SMILES string of the molecule is CC[C@H]1OC(=O)[C@H](C)[C@@H](C2C[C@@](C)(OC)[C@@H](O)[C@H](C)O2)[C@H](C)[C@@H](O[C@@H]2O[C@H](C)C[C@H](N(C)C)[C@H]2O)[C@](C)(O)C[C@@H](C)CN(C(=O)CCCCCCCCCCC[P+](C)(c2ccccc2)c2ccccc2)[C@H](C)[C@@H](O)[C@]1(C)O. The Balaban J connectivity index is 1.32. The molecule has 3 heterocycles. The number of likely N-dealkylation sites (N-methyl/N-ethyl adjacent to an activating group) is 1. The van der Waals surface area contributed by atoms with Gasteiger partial charge in [0.1, 0.15) is 30.0 Å². The van der Waals surface area contributed by atoms with Gasteiger partial charge in [-0.05, 0) is 130 Å². The quantitative estimate of drug-likeness (QED) is 0.0485. The van der Waals surface area contributed by atoms with Crippen LogP contribution >= 0.6 is 7.26 Å². The van der Waals surface area contributed by atoms with E-state index in [0.29, 0.717) is 12.8 Å². The number of aliphatic hydroxyl groups excluding tert-OH is 3. The van der Waals surface area contributed by atoms with Crippen molar-refractivity contribution in [1.29, 1.82) is 0 Å². The summed E-state index contributed by atoms with van der Waals surface area (Å²) in [6.45, 7) is 20.3. The van der Waals surface area contributed by atoms with Gasteiger partial charge in [0.25, 0.3) is 0 Å². The van der Waals surface area contributed by atoms with Gasteiger partial charge in [-0.15, -0.1) is 0 Å². The van der Waals surface area contributed by atoms with Crippen LogP contribution in [0.3, 0.4) is 0 Å². The van der Waals surface area contributed by atoms with E-state index in [1.807, 2.05) is 46.7 Å². The number of nitrogens with zero attached hydrogens (tertiary/aromatic N) is 2. The van der Waals surface area contributed by atoms with Crippen molar-refractivity contribution in [3.05, 3.63) is 60.7 Å². The number of esters is 1. The van der Waals surface area contributed by atoms with Crippen LogP contribution in [-0.4, -0.2) is 172 Å². The average molecular weight is 1100 g/mol. The van der Waals surface area contributed by atoms with Crippen LogP contribution in [0, 0.1) is 23.7 Å². The number of hydrogen-bond donors (Lipinski definition) is 5. The molecule has 0 saturated carbocycles. The van der Waals surface area contributed by atoms with E-state index in [4.69, 9.17) is 23.7 Å². The Labute approximate surface area is 464 Å². The fraction of sp³-hybridized carbons (Fsp3) is 0.774. The fourth-order valence-corrected chi connectivity index (χ4v) is 16.7. The lowest BCUT2D eigenvalue weighted by molar-refractivity contribution is -0.302. The summed E-state index contributed by atoms with van der Waals surface area (Å²) in [5.74, 6) is -3.59. The normalized spacial score (nSPS) is 37.2. The molecule has 3 aliphatic heterocycles. The summed E-state index contributed by atoms with van der Waals surface area (Å²) >= 11 is 0. The molecule has 2 aromatic rings. The van der Waals surface area contributed by atoms with E-state index in [1.54, 1.807) is 39.5 Å². The molecule has 15 heteroatoms. The van der Waals surface area contributed by atoms with E-state index < -0.39 is 103 Å². The summed E-state index contributed by atoms with van der Waals surface area (Å²) in [6, 6.07) is 20.8. The number of cyclic esters (lactones) is 1. The summed E-state index contributed by atoms with van der Waals surface area (Å²) in [7, 11) is 3.86. The van der Waals surface area contributed by atoms with Crippen molar-refractivity contribution in [2.45, 2.75) is 243 Å². The molecular weight excluding hydrogens is 996 g/mol. The van der Waals surface area contributed by atoms with Crippen molar-refractivity contribution in [2.24, 2.45) is 23.7 Å². The highest BCUT2D eigenvalue weighted by Gasteiger charge is 2.55. The van der Waals surface area contributed by atoms with Gasteiger partial charge < -0.3 is 59.0 Å². The highest BCUT2D eigenvalue weighted by Crippen LogP contribution is 2.53. The molecule has 1 unspecified atom stereocenters. The molecule has 0 aliphatic carbocycles. The number of unbranched alkanes of at least 4 members (excludes halogenated alkanes) is 8. The molecule has 0 bridgehead atoms. The molecule has 0 aromatic heterocycles. The summed E-state index contributed by atoms with van der Waals surface area (Å²) in [5.41, 5.74) is -4.70. The number of carbonyl (C=O) groups is 2. The van der Waals surface area contributed by atoms with Gasteiger partial charge in [-0.1, -0.05) is 103 Å². The largest absolute Gasteiger partial charge is 0.459 e. The van der Waals surface area contributed by atoms with E-state index in [9.17, 15) is 35.1 Å². The minimum absolute atomic E-state index is 0.112. The molecule has 0 spiro atoms. The van der Waals surface area contributed by atoms with Crippen molar-refractivity contribution in [3.63, 3.8) is 0 Å². The van der Waals surface area contributed by atoms with Gasteiger partial charge in [-0.3, -0.25) is 9.59 Å². The fourth-order valence-electron chi connectivity index (χ4n) is 13.4. The third-order valence-corrected chi connectivity index (χ3v) is 22.3. The number of rotatable bonds is 20. The molecule has 3 aliphatic rings. The van der Waals surface area contributed by atoms with E-state index in [-0.39, 0.29) is 56.2 Å². The first-order chi connectivity index (χ1) is 36.2. The van der Waals surface area contributed by atoms with Gasteiger partial charge in [0, 0.05) is 38.5 Å². The number of ether oxygens (including phenoxy) is 5. The summed E-state index contributed by atoms with van der Waals surface area (Å²) < 4.78 is 32.1. The molecule has 1 amide bonds. The molecule has 77 heavy (non-hydrogen) atoms. The number of carbonyl (C=O) groups excluding carboxylic acids is 2. The minimum atomic E-state index is -1.97. The molecule has 2 aromatic carbocycles. The number of aliphatic hydroxyl groups is 5. The second-order valence-electron chi connectivity index (χ2n) is 24.9. The van der Waals surface area contributed by atoms with Crippen LogP contribution in [0.2, 0.25) is 0 Å². The zero-order chi connectivity index (χ0) is 57.0. The molecule has 0 radical (unpaired) electrons. The third-order valence-electron chi connectivity index (χ3n) is 18.2. The van der Waals surface area contributed by atoms with Gasteiger partial charge in [0.2, 0.25) is 5.91 Å². The zero-order valence-corrected chi connectivity index (χ0v) is 50.6. The Morgan fingerprint density at radius 1 is 0.792 bits per heavy atom. The van der Waals surface area contributed by atoms with Gasteiger partial charge in [-0.25, -0.2) is 0 Å². The van der Waals surface area contributed by atoms with Gasteiger partial charge in [0.15, 0.2) is 6.29 Å². The summed E-state index contributed by atoms with van der Waals surface area (Å²) in [5, 5.41) is 63.6. The van der Waals surface area contributed by atoms with E-state index >= 15 is 0 Å². The molecule has 5 N–H and O–H groups in total. The van der Waals surface area contributed by atoms with Gasteiger partial charge >= 0.3 is 5.97 Å². The van der Waals surface area contributed by atoms with Crippen molar-refractivity contribution in [2.75, 3.05) is 40.6 Å². The molecule has 18 atom stereocenters. The Kier molecular flexibility index (Phi) is 24.5. The van der Waals surface area contributed by atoms with Crippen LogP contribution in [0.25, 0.3) is 0 Å². The van der Waals surface area contributed by atoms with Crippen molar-refractivity contribution >= 4 is 29.7 Å². The second-order valence-corrected chi connectivity index (χ2v) is 28.7. The molecule has 3 fully saturated rings. The molecule has 3 saturated heterocycles. The molecular formula is C62H104N2O12P+. The maximum absolute atomic E-state index is 14.8. The summed E-state index contributed by atoms with van der Waals surface area (Å²) in [4.78, 5) is 32.9. The lowest BCUT2D eigenvalue weighted by atomic mass is 9.68. The number of benzene rings is 2. The first-order valence-electron chi connectivity index (χ1n) is 29.4. The predicted molar refractivity (Wildman–Crippen MR) is 308 cm³/mol. The molecule has 438 valence electrons. The van der Waals surface area contributed by atoms with Crippen LogP contribution in [-0.2, 0) is 33.3 Å². The Morgan fingerprint density at radius 3 is 1.87 bits per heavy atom. The highest BCUT2D eigenvalue weighted by molar-refractivity contribution is 7.88. The Bertz CT molecular complexity index is 2040. The standard InChI is InChI=1S/C62H104N2O12P/c1-15-51-62(10,71)55(67)45(6)64(52(65)35-29-21-19-17-16-18-20-22-30-36-77(14,47-31-25-23-26-32-47)48-33-27-24-28-34-48)40-41(2)38-60(8,70)57(76-59-54(66)49(63(11)12)37-42(3)73-59)43(4)53(44(5)58(69)75-51)50-39-61(9,72-13)56(68)46(7)74-50/h23-28,31-34,41-46,49-51,53-57,59,66-68,70-71H,15-22,29-30,35-40H2,1-14H3/q+1/t41-,42-,43+,44-,45-,46+,49+,50?,51-,53+,54-,55-,56+,57-,59+,60-,61-,62-/m1/s1. The lowest BCUT2D eigenvalue weighted by Gasteiger charge is -2.51. The van der Waals surface area contributed by atoms with Crippen molar-refractivity contribution in [3.8, 4) is 0 Å². The van der Waals surface area contributed by atoms with Gasteiger partial charge in [-0.2, -0.15) is 0 Å². The van der Waals surface area contributed by atoms with E-state index in [0.717, 1.165) is 25.7 Å². The predicted octanol–water partition coefficient (Wildman–Crippen LogP) is 8.27. The topological polar surface area (TPSA) is 188 Å². The van der Waals surface area contributed by atoms with Crippen molar-refractivity contribution in [1.82, 2.24) is 9.80 Å². The second kappa shape index (κ2) is 28.9. The number of amides is 1. The van der Waals surface area contributed by atoms with E-state index in [1.165, 1.54) is 56.5 Å². The number of hydrogen-bond acceptors (Lipinski definition) is 13. The average Bonchev–Trinajstić information content (AvgIpc) is 3.39. The first kappa shape index (κ1) is 65.2. The van der Waals surface area contributed by atoms with E-state index in [2.05, 4.69) is 67.3 Å². The maximum atomic E-state index is 14.8. The third kappa shape index (κ3) is 16.3. The van der Waals surface area contributed by atoms with Crippen LogP contribution in [0.1, 0.15) is 159 Å². The monoisotopic (exact) mass is 1100 g/mol. The minimum Gasteiger partial charge on any atom is -0.459 e. The zero-order valence-electron chi connectivity index (χ0n) is 49.7. The maximum Gasteiger partial charge on any atom is 0.309 e. The highest BCUT2D eigenvalue weighted by atomic mass is 31.2. The van der Waals surface area contributed by atoms with Crippen LogP contribution in [0.15, 0.2) is 60.7 Å². The molecule has 5 rings (SSSR count). The summed E-state index contributed by atoms with van der Waals surface area (Å²) in [6.07, 6.45) is 3.37. The van der Waals surface area contributed by atoms with Crippen LogP contribution < -0.4 is 10.6 Å². The smallest absolute Gasteiger partial charge is 0.309 e. The van der Waals surface area contributed by atoms with Crippen LogP contribution in [0.4, 0.5) is 0 Å². The number of methoxy groups -OCH3 is 1. The lowest BCUT2D eigenvalue weighted by Crippen LogP contribution is -2.61. The Hall–Kier alpha value is -2.59.